The van der Waals surface area contributed by atoms with E-state index >= 15 is 0 Å². The molecule has 1 N–H and O–H groups in total. The number of halogens is 2. The van der Waals surface area contributed by atoms with E-state index in [1.807, 2.05) is 35.7 Å². The van der Waals surface area contributed by atoms with Crippen LogP contribution in [0, 0.1) is 5.82 Å². The summed E-state index contributed by atoms with van der Waals surface area (Å²) in [6, 6.07) is 5.73. The molecular weight excluding hydrogens is 369 g/mol. The Labute approximate surface area is 144 Å². The molecule has 0 amide bonds. The second-order valence-corrected chi connectivity index (χ2v) is 8.72. The minimum Gasteiger partial charge on any atom is -0.309 e. The molecular formula is C16H23BrFNS2. The number of rotatable bonds is 6. The van der Waals surface area contributed by atoms with E-state index in [0.717, 1.165) is 30.7 Å². The van der Waals surface area contributed by atoms with Crippen LogP contribution in [-0.4, -0.2) is 28.6 Å². The van der Waals surface area contributed by atoms with Crippen LogP contribution in [0.5, 0.6) is 0 Å². The van der Waals surface area contributed by atoms with Crippen LogP contribution in [0.25, 0.3) is 0 Å². The van der Waals surface area contributed by atoms with E-state index in [4.69, 9.17) is 0 Å². The van der Waals surface area contributed by atoms with Crippen molar-refractivity contribution in [1.29, 1.82) is 0 Å². The summed E-state index contributed by atoms with van der Waals surface area (Å²) in [5, 5.41) is 4.62. The van der Waals surface area contributed by atoms with Gasteiger partial charge >= 0.3 is 0 Å². The summed E-state index contributed by atoms with van der Waals surface area (Å²) in [6.07, 6.45) is 2.20. The lowest BCUT2D eigenvalue weighted by atomic mass is 9.99. The lowest BCUT2D eigenvalue weighted by molar-refractivity contribution is 0.472. The SMILES string of the molecule is CCCNC(c1cccc(Br)c1F)C1SCCSC1CC. The van der Waals surface area contributed by atoms with E-state index in [1.54, 1.807) is 6.07 Å². The first-order valence-electron chi connectivity index (χ1n) is 7.59. The predicted molar refractivity (Wildman–Crippen MR) is 97.9 cm³/mol. The summed E-state index contributed by atoms with van der Waals surface area (Å²) in [6.45, 7) is 5.32. The van der Waals surface area contributed by atoms with E-state index in [9.17, 15) is 4.39 Å². The van der Waals surface area contributed by atoms with Gasteiger partial charge in [-0.2, -0.15) is 23.5 Å². The van der Waals surface area contributed by atoms with Gasteiger partial charge in [-0.25, -0.2) is 4.39 Å². The third-order valence-corrected chi connectivity index (χ3v) is 7.72. The zero-order valence-electron chi connectivity index (χ0n) is 12.6. The van der Waals surface area contributed by atoms with Crippen molar-refractivity contribution in [2.45, 2.75) is 43.2 Å². The Morgan fingerprint density at radius 1 is 1.33 bits per heavy atom. The van der Waals surface area contributed by atoms with E-state index < -0.39 is 0 Å². The Kier molecular flexibility index (Phi) is 7.39. The van der Waals surface area contributed by atoms with Gasteiger partial charge in [0.05, 0.1) is 4.47 Å². The van der Waals surface area contributed by atoms with Gasteiger partial charge in [0.15, 0.2) is 0 Å². The van der Waals surface area contributed by atoms with Crippen molar-refractivity contribution in [3.05, 3.63) is 34.1 Å². The molecule has 3 atom stereocenters. The topological polar surface area (TPSA) is 12.0 Å². The summed E-state index contributed by atoms with van der Waals surface area (Å²) < 4.78 is 15.1. The minimum absolute atomic E-state index is 0.0881. The maximum Gasteiger partial charge on any atom is 0.142 e. The van der Waals surface area contributed by atoms with Gasteiger partial charge in [-0.3, -0.25) is 0 Å². The zero-order valence-corrected chi connectivity index (χ0v) is 15.8. The molecule has 1 fully saturated rings. The third-order valence-electron chi connectivity index (χ3n) is 3.75. The first kappa shape index (κ1) is 17.6. The standard InChI is InChI=1S/C16H23BrFNS2/c1-3-8-19-15(11-6-5-7-12(17)14(11)18)16-13(4-2)20-9-10-21-16/h5-7,13,15-16,19H,3-4,8-10H2,1-2H3. The van der Waals surface area contributed by atoms with E-state index in [-0.39, 0.29) is 11.9 Å². The normalized spacial score (nSPS) is 24.0. The third kappa shape index (κ3) is 4.40. The van der Waals surface area contributed by atoms with Crippen molar-refractivity contribution in [2.75, 3.05) is 18.1 Å². The molecule has 1 aliphatic heterocycles. The second-order valence-electron chi connectivity index (χ2n) is 5.23. The highest BCUT2D eigenvalue weighted by atomic mass is 79.9. The molecule has 5 heteroatoms. The van der Waals surface area contributed by atoms with Gasteiger partial charge in [0, 0.05) is 33.6 Å². The molecule has 0 radical (unpaired) electrons. The van der Waals surface area contributed by atoms with E-state index in [0.29, 0.717) is 15.0 Å². The lowest BCUT2D eigenvalue weighted by Gasteiger charge is -2.37. The average Bonchev–Trinajstić information content (AvgIpc) is 2.52. The summed E-state index contributed by atoms with van der Waals surface area (Å²) in [5.74, 6) is 2.25. The van der Waals surface area contributed by atoms with Crippen molar-refractivity contribution in [1.82, 2.24) is 5.32 Å². The van der Waals surface area contributed by atoms with Gasteiger partial charge in [-0.05, 0) is 41.4 Å². The molecule has 1 aliphatic rings. The van der Waals surface area contributed by atoms with Crippen LogP contribution in [0.4, 0.5) is 4.39 Å². The highest BCUT2D eigenvalue weighted by Gasteiger charge is 2.34. The number of nitrogens with one attached hydrogen (secondary N) is 1. The van der Waals surface area contributed by atoms with Crippen LogP contribution in [0.2, 0.25) is 0 Å². The molecule has 0 saturated carbocycles. The number of hydrogen-bond donors (Lipinski definition) is 1. The Morgan fingerprint density at radius 3 is 2.81 bits per heavy atom. The van der Waals surface area contributed by atoms with Crippen LogP contribution < -0.4 is 5.32 Å². The Balaban J connectivity index is 2.30. The smallest absolute Gasteiger partial charge is 0.142 e. The monoisotopic (exact) mass is 391 g/mol. The van der Waals surface area contributed by atoms with Crippen molar-refractivity contribution >= 4 is 39.5 Å². The summed E-state index contributed by atoms with van der Waals surface area (Å²) >= 11 is 7.37. The van der Waals surface area contributed by atoms with Crippen molar-refractivity contribution in [3.8, 4) is 0 Å². The molecule has 0 bridgehead atoms. The molecule has 1 aromatic carbocycles. The number of thioether (sulfide) groups is 2. The molecule has 1 nitrogen and oxygen atoms in total. The van der Waals surface area contributed by atoms with E-state index in [1.165, 1.54) is 5.75 Å². The highest BCUT2D eigenvalue weighted by molar-refractivity contribution is 9.10. The Morgan fingerprint density at radius 2 is 2.10 bits per heavy atom. The minimum atomic E-state index is -0.114. The summed E-state index contributed by atoms with van der Waals surface area (Å²) in [5.41, 5.74) is 0.802. The second kappa shape index (κ2) is 8.80. The first-order valence-corrected chi connectivity index (χ1v) is 10.5. The maximum atomic E-state index is 14.6. The largest absolute Gasteiger partial charge is 0.309 e. The average molecular weight is 392 g/mol. The van der Waals surface area contributed by atoms with Crippen LogP contribution in [0.1, 0.15) is 38.3 Å². The van der Waals surface area contributed by atoms with E-state index in [2.05, 4.69) is 35.1 Å². The Bertz CT molecular complexity index is 458. The molecule has 0 aromatic heterocycles. The number of benzene rings is 1. The quantitative estimate of drug-likeness (QED) is 0.710. The fourth-order valence-corrected chi connectivity index (χ4v) is 6.33. The molecule has 1 heterocycles. The number of hydrogen-bond acceptors (Lipinski definition) is 3. The molecule has 21 heavy (non-hydrogen) atoms. The van der Waals surface area contributed by atoms with Gasteiger partial charge in [0.2, 0.25) is 0 Å². The molecule has 1 saturated heterocycles. The molecule has 0 aliphatic carbocycles. The zero-order chi connectivity index (χ0) is 15.2. The van der Waals surface area contributed by atoms with Gasteiger partial charge < -0.3 is 5.32 Å². The summed E-state index contributed by atoms with van der Waals surface area (Å²) in [7, 11) is 0. The van der Waals surface area contributed by atoms with Crippen LogP contribution in [0.15, 0.2) is 22.7 Å². The van der Waals surface area contributed by atoms with Crippen molar-refractivity contribution in [2.24, 2.45) is 0 Å². The van der Waals surface area contributed by atoms with Gasteiger partial charge in [0.25, 0.3) is 0 Å². The highest BCUT2D eigenvalue weighted by Crippen LogP contribution is 2.41. The van der Waals surface area contributed by atoms with Gasteiger partial charge in [-0.15, -0.1) is 0 Å². The fraction of sp³-hybridized carbons (Fsp3) is 0.625. The summed E-state index contributed by atoms with van der Waals surface area (Å²) in [4.78, 5) is 0. The molecule has 0 spiro atoms. The molecule has 118 valence electrons. The van der Waals surface area contributed by atoms with Crippen LogP contribution >= 0.6 is 39.5 Å². The van der Waals surface area contributed by atoms with Crippen LogP contribution in [-0.2, 0) is 0 Å². The van der Waals surface area contributed by atoms with Crippen molar-refractivity contribution < 1.29 is 4.39 Å². The fourth-order valence-electron chi connectivity index (χ4n) is 2.71. The van der Waals surface area contributed by atoms with Crippen LogP contribution in [0.3, 0.4) is 0 Å². The lowest BCUT2D eigenvalue weighted by Crippen LogP contribution is -2.39. The Hall–Kier alpha value is 0.290. The maximum absolute atomic E-state index is 14.6. The molecule has 1 aromatic rings. The molecule has 3 unspecified atom stereocenters. The molecule has 2 rings (SSSR count). The first-order chi connectivity index (χ1) is 10.2. The van der Waals surface area contributed by atoms with Gasteiger partial charge in [0.1, 0.15) is 5.82 Å². The van der Waals surface area contributed by atoms with Gasteiger partial charge in [-0.1, -0.05) is 26.0 Å². The van der Waals surface area contributed by atoms with Crippen molar-refractivity contribution in [3.63, 3.8) is 0 Å². The predicted octanol–water partition coefficient (Wildman–Crippen LogP) is 5.26.